The largest absolute Gasteiger partial charge is 0.370 e. The lowest BCUT2D eigenvalue weighted by Gasteiger charge is -2.39. The van der Waals surface area contributed by atoms with Gasteiger partial charge in [-0.15, -0.1) is 0 Å². The predicted octanol–water partition coefficient (Wildman–Crippen LogP) is 0.856. The smallest absolute Gasteiger partial charge is 0.282 e. The van der Waals surface area contributed by atoms with Crippen LogP contribution in [0.3, 0.4) is 0 Å². The lowest BCUT2D eigenvalue weighted by molar-refractivity contribution is -0.0468. The summed E-state index contributed by atoms with van der Waals surface area (Å²) in [5.41, 5.74) is 8.68. The van der Waals surface area contributed by atoms with Gasteiger partial charge in [-0.05, 0) is 35.8 Å². The Labute approximate surface area is 169 Å². The molecule has 1 aromatic rings. The molecule has 0 aromatic heterocycles. The number of nitrogens with two attached hydrogens (primary N) is 1. The molecule has 3 aliphatic rings. The average molecular weight is 429 g/mol. The van der Waals surface area contributed by atoms with Gasteiger partial charge in [-0.2, -0.15) is 17.0 Å². The second-order valence-corrected chi connectivity index (χ2v) is 10.3. The molecular formula is C19H26F2N4O3S. The van der Waals surface area contributed by atoms with Gasteiger partial charge in [-0.3, -0.25) is 4.90 Å². The standard InChI is InChI=1S/C19H26F2N4O3S/c1-23(2)29(26,27)25-9-12-7-24(8-13(12)10-25)15-6-18(22)19(28-11-15)16-5-14(20)3-4-17(16)21/h3-5,15,18-19H,6-11,22H2,1-2H3/t15-,18?,19-/m1/s1. The van der Waals surface area contributed by atoms with Gasteiger partial charge in [-0.25, -0.2) is 8.78 Å². The molecule has 0 saturated carbocycles. The van der Waals surface area contributed by atoms with Crippen LogP contribution in [0.5, 0.6) is 0 Å². The molecule has 160 valence electrons. The van der Waals surface area contributed by atoms with Crippen molar-refractivity contribution in [3.8, 4) is 0 Å². The zero-order valence-corrected chi connectivity index (χ0v) is 17.3. The molecule has 10 heteroatoms. The number of hydrogen-bond donors (Lipinski definition) is 1. The maximum absolute atomic E-state index is 14.1. The highest BCUT2D eigenvalue weighted by molar-refractivity contribution is 7.86. The topological polar surface area (TPSA) is 79.1 Å². The lowest BCUT2D eigenvalue weighted by atomic mass is 9.93. The number of nitrogens with zero attached hydrogens (tertiary/aromatic N) is 3. The Morgan fingerprint density at radius 1 is 1.14 bits per heavy atom. The molecule has 0 bridgehead atoms. The fourth-order valence-corrected chi connectivity index (χ4v) is 5.48. The summed E-state index contributed by atoms with van der Waals surface area (Å²) in [5.74, 6) is -1.04. The van der Waals surface area contributed by atoms with Crippen LogP contribution in [0.2, 0.25) is 0 Å². The Bertz CT molecular complexity index is 919. The van der Waals surface area contributed by atoms with Crippen LogP contribution in [0.4, 0.5) is 8.78 Å². The highest BCUT2D eigenvalue weighted by atomic mass is 32.2. The maximum atomic E-state index is 14.1. The van der Waals surface area contributed by atoms with E-state index in [0.29, 0.717) is 39.2 Å². The third-order valence-electron chi connectivity index (χ3n) is 5.99. The van der Waals surface area contributed by atoms with E-state index < -0.39 is 34.0 Å². The third-order valence-corrected chi connectivity index (χ3v) is 7.83. The molecule has 1 fully saturated rings. The van der Waals surface area contributed by atoms with Crippen molar-refractivity contribution in [1.82, 2.24) is 13.5 Å². The van der Waals surface area contributed by atoms with E-state index in [1.807, 2.05) is 0 Å². The van der Waals surface area contributed by atoms with Gasteiger partial charge < -0.3 is 10.5 Å². The van der Waals surface area contributed by atoms with Gasteiger partial charge in [0.25, 0.3) is 10.2 Å². The molecule has 0 radical (unpaired) electrons. The van der Waals surface area contributed by atoms with Crippen molar-refractivity contribution >= 4 is 10.2 Å². The molecule has 1 unspecified atom stereocenters. The number of rotatable bonds is 4. The highest BCUT2D eigenvalue weighted by Crippen LogP contribution is 2.35. The maximum Gasteiger partial charge on any atom is 0.282 e. The molecule has 1 aromatic carbocycles. The van der Waals surface area contributed by atoms with Crippen LogP contribution in [0.25, 0.3) is 0 Å². The molecule has 3 aliphatic heterocycles. The Kier molecular flexibility index (Phi) is 5.51. The van der Waals surface area contributed by atoms with E-state index in [0.717, 1.165) is 29.3 Å². The summed E-state index contributed by atoms with van der Waals surface area (Å²) in [7, 11) is -0.357. The zero-order valence-electron chi connectivity index (χ0n) is 16.5. The molecule has 0 spiro atoms. The Morgan fingerprint density at radius 3 is 2.38 bits per heavy atom. The SMILES string of the molecule is CN(C)S(=O)(=O)N1CC2=C(CN([C@H]3CO[C@H](c4cc(F)ccc4F)C(N)C3)C2)C1. The van der Waals surface area contributed by atoms with Crippen molar-refractivity contribution in [2.24, 2.45) is 5.73 Å². The minimum atomic E-state index is -3.42. The summed E-state index contributed by atoms with van der Waals surface area (Å²) < 4.78 is 60.9. The summed E-state index contributed by atoms with van der Waals surface area (Å²) in [4.78, 5) is 2.24. The number of ether oxygens (including phenoxy) is 1. The Morgan fingerprint density at radius 2 is 1.79 bits per heavy atom. The molecule has 29 heavy (non-hydrogen) atoms. The van der Waals surface area contributed by atoms with E-state index >= 15 is 0 Å². The molecule has 7 nitrogen and oxygen atoms in total. The Balaban J connectivity index is 1.37. The Hall–Kier alpha value is -1.43. The summed E-state index contributed by atoms with van der Waals surface area (Å²) in [6.07, 6.45) is -0.0777. The molecule has 0 aliphatic carbocycles. The van der Waals surface area contributed by atoms with Gasteiger partial charge in [0.05, 0.1) is 6.61 Å². The van der Waals surface area contributed by atoms with Gasteiger partial charge in [0, 0.05) is 57.9 Å². The van der Waals surface area contributed by atoms with Crippen LogP contribution in [-0.2, 0) is 14.9 Å². The van der Waals surface area contributed by atoms with Crippen LogP contribution < -0.4 is 5.73 Å². The van der Waals surface area contributed by atoms with E-state index in [9.17, 15) is 17.2 Å². The molecule has 3 atom stereocenters. The summed E-state index contributed by atoms with van der Waals surface area (Å²) in [5, 5.41) is 0. The minimum absolute atomic E-state index is 0.0578. The van der Waals surface area contributed by atoms with Gasteiger partial charge in [0.15, 0.2) is 0 Å². The van der Waals surface area contributed by atoms with Gasteiger partial charge in [0.1, 0.15) is 17.7 Å². The van der Waals surface area contributed by atoms with Crippen molar-refractivity contribution in [3.63, 3.8) is 0 Å². The summed E-state index contributed by atoms with van der Waals surface area (Å²) in [6.45, 7) is 2.53. The lowest BCUT2D eigenvalue weighted by Crippen LogP contribution is -2.50. The fourth-order valence-electron chi connectivity index (χ4n) is 4.38. The van der Waals surface area contributed by atoms with Crippen LogP contribution in [0.15, 0.2) is 29.3 Å². The third kappa shape index (κ3) is 3.85. The van der Waals surface area contributed by atoms with E-state index in [-0.39, 0.29) is 11.6 Å². The summed E-state index contributed by atoms with van der Waals surface area (Å²) >= 11 is 0. The van der Waals surface area contributed by atoms with Crippen molar-refractivity contribution < 1.29 is 21.9 Å². The molecule has 2 N–H and O–H groups in total. The first-order chi connectivity index (χ1) is 13.7. The highest BCUT2D eigenvalue weighted by Gasteiger charge is 2.41. The number of benzene rings is 1. The molecule has 4 rings (SSSR count). The number of hydrogen-bond acceptors (Lipinski definition) is 5. The van der Waals surface area contributed by atoms with Crippen LogP contribution >= 0.6 is 0 Å². The van der Waals surface area contributed by atoms with Gasteiger partial charge in [-0.1, -0.05) is 0 Å². The molecule has 0 amide bonds. The number of halogens is 2. The summed E-state index contributed by atoms with van der Waals surface area (Å²) in [6, 6.07) is 2.92. The fraction of sp³-hybridized carbons (Fsp3) is 0.579. The monoisotopic (exact) mass is 428 g/mol. The van der Waals surface area contributed by atoms with E-state index in [4.69, 9.17) is 10.5 Å². The van der Waals surface area contributed by atoms with Crippen molar-refractivity contribution in [3.05, 3.63) is 46.5 Å². The van der Waals surface area contributed by atoms with Gasteiger partial charge >= 0.3 is 0 Å². The van der Waals surface area contributed by atoms with E-state index in [2.05, 4.69) is 4.90 Å². The van der Waals surface area contributed by atoms with Crippen LogP contribution in [-0.4, -0.2) is 80.9 Å². The van der Waals surface area contributed by atoms with Crippen molar-refractivity contribution in [2.75, 3.05) is 46.9 Å². The normalized spacial score (nSPS) is 29.1. The predicted molar refractivity (Wildman–Crippen MR) is 104 cm³/mol. The second-order valence-electron chi connectivity index (χ2n) is 8.14. The first-order valence-electron chi connectivity index (χ1n) is 9.60. The first kappa shape index (κ1) is 20.8. The molecule has 1 saturated heterocycles. The second kappa shape index (κ2) is 7.68. The van der Waals surface area contributed by atoms with Gasteiger partial charge in [0.2, 0.25) is 0 Å². The van der Waals surface area contributed by atoms with Crippen LogP contribution in [0.1, 0.15) is 18.1 Å². The zero-order chi connectivity index (χ0) is 20.9. The van der Waals surface area contributed by atoms with E-state index in [1.165, 1.54) is 22.7 Å². The average Bonchev–Trinajstić information content (AvgIpc) is 3.23. The quantitative estimate of drug-likeness (QED) is 0.720. The molecular weight excluding hydrogens is 402 g/mol. The minimum Gasteiger partial charge on any atom is -0.370 e. The first-order valence-corrected chi connectivity index (χ1v) is 11.0. The van der Waals surface area contributed by atoms with Crippen molar-refractivity contribution in [2.45, 2.75) is 24.6 Å². The molecule has 3 heterocycles. The van der Waals surface area contributed by atoms with E-state index in [1.54, 1.807) is 0 Å². The van der Waals surface area contributed by atoms with Crippen LogP contribution in [0, 0.1) is 11.6 Å². The van der Waals surface area contributed by atoms with Crippen molar-refractivity contribution in [1.29, 1.82) is 0 Å².